The number of fused-ring (bicyclic) bond motifs is 1. The van der Waals surface area contributed by atoms with Crippen LogP contribution in [0.15, 0.2) is 54.6 Å². The highest BCUT2D eigenvalue weighted by molar-refractivity contribution is 6.04. The second-order valence-electron chi connectivity index (χ2n) is 6.95. The fraction of sp³-hybridized carbons (Fsp3) is 0.286. The molecular weight excluding hydrogens is 312 g/mol. The van der Waals surface area contributed by atoms with Gasteiger partial charge in [-0.2, -0.15) is 0 Å². The van der Waals surface area contributed by atoms with Crippen molar-refractivity contribution in [2.45, 2.75) is 25.8 Å². The zero-order chi connectivity index (χ0) is 18.0. The minimum absolute atomic E-state index is 0.0411. The van der Waals surface area contributed by atoms with Crippen molar-refractivity contribution in [1.29, 1.82) is 0 Å². The summed E-state index contributed by atoms with van der Waals surface area (Å²) in [6.07, 6.45) is 2.64. The number of nitrogens with zero attached hydrogens (tertiary/aromatic N) is 1. The van der Waals surface area contributed by atoms with Gasteiger partial charge in [0.25, 0.3) is 0 Å². The van der Waals surface area contributed by atoms with Crippen LogP contribution in [0, 0.1) is 0 Å². The van der Waals surface area contributed by atoms with Crippen molar-refractivity contribution in [2.75, 3.05) is 19.5 Å². The highest BCUT2D eigenvalue weighted by Gasteiger charge is 2.33. The van der Waals surface area contributed by atoms with E-state index in [1.165, 1.54) is 5.56 Å². The molecule has 3 rings (SSSR count). The molecule has 0 radical (unpaired) electrons. The fourth-order valence-electron chi connectivity index (χ4n) is 3.17. The summed E-state index contributed by atoms with van der Waals surface area (Å²) in [5, 5.41) is 2.92. The second-order valence-corrected chi connectivity index (χ2v) is 6.95. The monoisotopic (exact) mass is 336 g/mol. The molecule has 4 heteroatoms. The average Bonchev–Trinajstić information content (AvgIpc) is 2.59. The number of methoxy groups -OCH3 is 1. The number of nitrogens with one attached hydrogen (secondary N) is 1. The highest BCUT2D eigenvalue weighted by Crippen LogP contribution is 2.36. The molecule has 4 nitrogen and oxygen atoms in total. The van der Waals surface area contributed by atoms with Crippen molar-refractivity contribution in [2.24, 2.45) is 0 Å². The summed E-state index contributed by atoms with van der Waals surface area (Å²) < 4.78 is 5.14. The van der Waals surface area contributed by atoms with E-state index in [9.17, 15) is 4.79 Å². The lowest BCUT2D eigenvalue weighted by atomic mass is 9.84. The molecule has 0 spiro atoms. The van der Waals surface area contributed by atoms with Crippen LogP contribution in [0.2, 0.25) is 0 Å². The Labute approximate surface area is 149 Å². The summed E-state index contributed by atoms with van der Waals surface area (Å²) in [5.41, 5.74) is 4.04. The number of carbonyl (C=O) groups is 1. The second kappa shape index (κ2) is 6.63. The molecule has 1 amide bonds. The van der Waals surface area contributed by atoms with E-state index in [1.54, 1.807) is 13.2 Å². The van der Waals surface area contributed by atoms with E-state index in [0.29, 0.717) is 0 Å². The quantitative estimate of drug-likeness (QED) is 0.863. The third kappa shape index (κ3) is 3.53. The molecule has 0 atom stereocenters. The van der Waals surface area contributed by atoms with Crippen LogP contribution in [-0.2, 0) is 11.2 Å². The van der Waals surface area contributed by atoms with Crippen molar-refractivity contribution in [3.05, 3.63) is 65.7 Å². The van der Waals surface area contributed by atoms with Crippen LogP contribution in [-0.4, -0.2) is 30.5 Å². The molecule has 2 aromatic carbocycles. The maximum Gasteiger partial charge on any atom is 0.250 e. The number of hydrogen-bond acceptors (Lipinski definition) is 3. The van der Waals surface area contributed by atoms with Crippen LogP contribution in [0.5, 0.6) is 5.75 Å². The van der Waals surface area contributed by atoms with E-state index >= 15 is 0 Å². The first-order valence-electron chi connectivity index (χ1n) is 8.39. The molecule has 2 aromatic rings. The maximum atomic E-state index is 12.6. The van der Waals surface area contributed by atoms with Crippen molar-refractivity contribution in [3.63, 3.8) is 0 Å². The van der Waals surface area contributed by atoms with E-state index < -0.39 is 0 Å². The zero-order valence-electron chi connectivity index (χ0n) is 15.2. The summed E-state index contributed by atoms with van der Waals surface area (Å²) in [6, 6.07) is 15.6. The number of carbonyl (C=O) groups excluding carboxylic acids is 1. The Kier molecular flexibility index (Phi) is 4.53. The van der Waals surface area contributed by atoms with Crippen molar-refractivity contribution < 1.29 is 9.53 Å². The summed E-state index contributed by atoms with van der Waals surface area (Å²) in [7, 11) is 3.67. The van der Waals surface area contributed by atoms with E-state index in [0.717, 1.165) is 29.1 Å². The number of hydrogen-bond donors (Lipinski definition) is 1. The minimum Gasteiger partial charge on any atom is -0.497 e. The molecule has 0 fully saturated rings. The lowest BCUT2D eigenvalue weighted by Gasteiger charge is -2.44. The molecule has 1 N–H and O–H groups in total. The maximum absolute atomic E-state index is 12.6. The van der Waals surface area contributed by atoms with Gasteiger partial charge in [-0.3, -0.25) is 4.79 Å². The van der Waals surface area contributed by atoms with Crippen molar-refractivity contribution in [3.8, 4) is 5.75 Å². The molecule has 1 aliphatic rings. The van der Waals surface area contributed by atoms with E-state index in [4.69, 9.17) is 4.74 Å². The number of ether oxygens (including phenoxy) is 1. The molecule has 1 aliphatic heterocycles. The van der Waals surface area contributed by atoms with Gasteiger partial charge in [-0.25, -0.2) is 0 Å². The number of likely N-dealkylation sites (N-methyl/N-ethyl adjacent to an activating group) is 1. The van der Waals surface area contributed by atoms with Crippen LogP contribution in [0.4, 0.5) is 5.69 Å². The first kappa shape index (κ1) is 17.1. The van der Waals surface area contributed by atoms with Gasteiger partial charge in [-0.15, -0.1) is 0 Å². The zero-order valence-corrected chi connectivity index (χ0v) is 15.2. The molecular formula is C21H24N2O2. The first-order chi connectivity index (χ1) is 11.9. The molecule has 1 heterocycles. The third-order valence-electron chi connectivity index (χ3n) is 4.81. The Bertz CT molecular complexity index is 807. The van der Waals surface area contributed by atoms with Crippen LogP contribution in [0.3, 0.4) is 0 Å². The minimum atomic E-state index is -0.139. The summed E-state index contributed by atoms with van der Waals surface area (Å²) in [4.78, 5) is 14.7. The Hall–Kier alpha value is -2.75. The topological polar surface area (TPSA) is 41.6 Å². The number of rotatable bonds is 3. The summed E-state index contributed by atoms with van der Waals surface area (Å²) >= 11 is 0. The van der Waals surface area contributed by atoms with Crippen molar-refractivity contribution in [1.82, 2.24) is 4.90 Å². The predicted molar refractivity (Wildman–Crippen MR) is 102 cm³/mol. The highest BCUT2D eigenvalue weighted by atomic mass is 16.5. The normalized spacial score (nSPS) is 17.1. The molecule has 0 saturated heterocycles. The summed E-state index contributed by atoms with van der Waals surface area (Å²) in [6.45, 7) is 4.39. The molecule has 0 saturated carbocycles. The molecule has 25 heavy (non-hydrogen) atoms. The Morgan fingerprint density at radius 3 is 2.52 bits per heavy atom. The molecule has 0 aliphatic carbocycles. The van der Waals surface area contributed by atoms with Gasteiger partial charge in [-0.05, 0) is 50.1 Å². The molecule has 130 valence electrons. The Morgan fingerprint density at radius 2 is 1.84 bits per heavy atom. The number of amides is 1. The van der Waals surface area contributed by atoms with Gasteiger partial charge < -0.3 is 15.0 Å². The average molecular weight is 336 g/mol. The van der Waals surface area contributed by atoms with Gasteiger partial charge >= 0.3 is 0 Å². The Morgan fingerprint density at radius 1 is 1.16 bits per heavy atom. The van der Waals surface area contributed by atoms with Crippen molar-refractivity contribution >= 4 is 17.3 Å². The lowest BCUT2D eigenvalue weighted by Crippen LogP contribution is -2.45. The Balaban J connectivity index is 1.88. The first-order valence-corrected chi connectivity index (χ1v) is 8.39. The van der Waals surface area contributed by atoms with Crippen LogP contribution >= 0.6 is 0 Å². The molecule has 0 bridgehead atoms. The lowest BCUT2D eigenvalue weighted by molar-refractivity contribution is -0.111. The van der Waals surface area contributed by atoms with Gasteiger partial charge in [0.15, 0.2) is 0 Å². The smallest absolute Gasteiger partial charge is 0.250 e. The van der Waals surface area contributed by atoms with E-state index in [-0.39, 0.29) is 11.4 Å². The van der Waals surface area contributed by atoms with Gasteiger partial charge in [0.05, 0.1) is 7.11 Å². The predicted octanol–water partition coefficient (Wildman–Crippen LogP) is 3.94. The SMILES string of the molecule is COc1ccc(NC(=O)C=C2c3ccccc3CC(C)(C)N2C)cc1. The fourth-order valence-corrected chi connectivity index (χ4v) is 3.17. The number of benzene rings is 2. The third-order valence-corrected chi connectivity index (χ3v) is 4.81. The van der Waals surface area contributed by atoms with Crippen LogP contribution in [0.25, 0.3) is 5.70 Å². The van der Waals surface area contributed by atoms with Crippen LogP contribution in [0.1, 0.15) is 25.0 Å². The standard InChI is InChI=1S/C21H24N2O2/c1-21(2)14-15-7-5-6-8-18(15)19(23(21)3)13-20(24)22-16-9-11-17(25-4)12-10-16/h5-13H,14H2,1-4H3,(H,22,24). The van der Waals surface area contributed by atoms with E-state index in [1.807, 2.05) is 37.4 Å². The van der Waals surface area contributed by atoms with Crippen LogP contribution < -0.4 is 10.1 Å². The summed E-state index contributed by atoms with van der Waals surface area (Å²) in [5.74, 6) is 0.624. The number of anilines is 1. The van der Waals surface area contributed by atoms with E-state index in [2.05, 4.69) is 42.3 Å². The molecule has 0 unspecified atom stereocenters. The van der Waals surface area contributed by atoms with Gasteiger partial charge in [0.2, 0.25) is 5.91 Å². The largest absolute Gasteiger partial charge is 0.497 e. The van der Waals surface area contributed by atoms with Gasteiger partial charge in [0, 0.05) is 35.6 Å². The van der Waals surface area contributed by atoms with Gasteiger partial charge in [-0.1, -0.05) is 24.3 Å². The molecule has 0 aromatic heterocycles. The van der Waals surface area contributed by atoms with Gasteiger partial charge in [0.1, 0.15) is 5.75 Å².